The molecule has 6 bridgehead atoms. The molecule has 4 aliphatic heterocycles. The zero-order chi connectivity index (χ0) is 47.9. The Bertz CT molecular complexity index is 4910. The van der Waals surface area contributed by atoms with E-state index < -0.39 is 48.2 Å². The third-order valence-corrected chi connectivity index (χ3v) is 18.9. The average Bonchev–Trinajstić information content (AvgIpc) is 3.99. The molecule has 1 radical (unpaired) electrons. The van der Waals surface area contributed by atoms with Crippen LogP contribution >= 0.6 is 0 Å². The van der Waals surface area contributed by atoms with E-state index in [0.29, 0.717) is 87.9 Å². The maximum absolute atomic E-state index is 12.9. The Morgan fingerprint density at radius 1 is 0.380 bits per heavy atom. The van der Waals surface area contributed by atoms with Gasteiger partial charge in [-0.1, -0.05) is 0 Å². The topological polar surface area (TPSA) is 299 Å². The summed E-state index contributed by atoms with van der Waals surface area (Å²) in [5.41, 5.74) is 2.56. The molecule has 6 N–H and O–H groups in total. The van der Waals surface area contributed by atoms with Crippen LogP contribution in [0.5, 0.6) is 5.75 Å². The van der Waals surface area contributed by atoms with Crippen LogP contribution in [0.1, 0.15) is 22.3 Å². The molecule has 19 nitrogen and oxygen atoms in total. The van der Waals surface area contributed by atoms with Gasteiger partial charge >= 0.3 is 403 Å². The predicted octanol–water partition coefficient (Wildman–Crippen LogP) is 5.70. The number of aliphatic imine (C=N–C) groups is 4. The first-order chi connectivity index (χ1) is 33.5. The molecule has 0 saturated carbocycles. The third-order valence-electron chi connectivity index (χ3n) is 13.1. The van der Waals surface area contributed by atoms with Gasteiger partial charge in [0.1, 0.15) is 0 Å². The minimum atomic E-state index is -4.74. The van der Waals surface area contributed by atoms with Crippen LogP contribution in [0.3, 0.4) is 0 Å². The average molecular weight is 1060 g/mol. The summed E-state index contributed by atoms with van der Waals surface area (Å²) >= 11 is -2.38. The van der Waals surface area contributed by atoms with E-state index in [-0.39, 0.29) is 70.9 Å². The molecule has 2 aromatic heterocycles. The Morgan fingerprint density at radius 3 is 1.25 bits per heavy atom. The van der Waals surface area contributed by atoms with Crippen LogP contribution in [0.2, 0.25) is 0 Å². The van der Waals surface area contributed by atoms with Crippen LogP contribution in [0.4, 0.5) is 11.6 Å². The van der Waals surface area contributed by atoms with Crippen molar-refractivity contribution in [2.75, 3.05) is 0 Å². The van der Waals surface area contributed by atoms with Gasteiger partial charge in [0.05, 0.1) is 0 Å². The van der Waals surface area contributed by atoms with Gasteiger partial charge in [0.25, 0.3) is 0 Å². The van der Waals surface area contributed by atoms with Crippen molar-refractivity contribution in [2.24, 2.45) is 30.0 Å². The maximum atomic E-state index is 12.9. The summed E-state index contributed by atoms with van der Waals surface area (Å²) in [6, 6.07) is 32.3. The summed E-state index contributed by atoms with van der Waals surface area (Å²) in [7, 11) is -14.2. The van der Waals surface area contributed by atoms with Gasteiger partial charge in [-0.05, 0) is 0 Å². The number of aromatic hydroxyl groups is 1. The van der Waals surface area contributed by atoms with Crippen molar-refractivity contribution in [3.05, 3.63) is 155 Å². The number of phenolic OH excluding ortho intramolecular Hbond substituents is 1. The summed E-state index contributed by atoms with van der Waals surface area (Å²) in [4.78, 5) is 30.2. The number of phenols is 1. The van der Waals surface area contributed by atoms with Crippen molar-refractivity contribution in [2.45, 2.75) is 14.7 Å². The minimum absolute atomic E-state index is 0. The number of amidine groups is 4. The van der Waals surface area contributed by atoms with Gasteiger partial charge in [-0.25, -0.2) is 0 Å². The van der Waals surface area contributed by atoms with Gasteiger partial charge in [-0.15, -0.1) is 0 Å². The van der Waals surface area contributed by atoms with E-state index in [2.05, 4.69) is 0 Å². The Balaban J connectivity index is 0.00000492. The molecule has 14 rings (SSSR count). The summed E-state index contributed by atoms with van der Waals surface area (Å²) in [5, 5.41) is 16.1. The van der Waals surface area contributed by atoms with E-state index >= 15 is 0 Å². The number of rotatable bonds is 3. The second-order valence-electron chi connectivity index (χ2n) is 17.1. The molecule has 0 unspecified atom stereocenters. The van der Waals surface area contributed by atoms with Crippen LogP contribution in [-0.2, 0) is 30.4 Å². The molecule has 0 aliphatic carbocycles. The van der Waals surface area contributed by atoms with Gasteiger partial charge in [0, 0.05) is 0 Å². The number of nitrogens with zero attached hydrogens (tertiary/aromatic N) is 8. The molecule has 10 aromatic rings. The second-order valence-corrected chi connectivity index (χ2v) is 23.9. The Hall–Kier alpha value is -7.71. The van der Waals surface area contributed by atoms with Crippen LogP contribution < -0.4 is 11.0 Å². The molecular weight excluding hydrogens is 1030 g/mol. The predicted molar refractivity (Wildman–Crippen MR) is 266 cm³/mol. The van der Waals surface area contributed by atoms with E-state index in [1.807, 2.05) is 18.7 Å². The summed E-state index contributed by atoms with van der Waals surface area (Å²) < 4.78 is 112. The number of aromatic nitrogens is 2. The molecule has 4 aliphatic rings. The zero-order valence-corrected chi connectivity index (χ0v) is 40.5. The van der Waals surface area contributed by atoms with Crippen molar-refractivity contribution in [3.8, 4) is 5.75 Å². The molecule has 23 heteroatoms. The van der Waals surface area contributed by atoms with E-state index in [0.717, 1.165) is 0 Å². The molecule has 6 heterocycles. The van der Waals surface area contributed by atoms with Crippen LogP contribution in [0.15, 0.2) is 166 Å². The molecule has 0 atom stereocenters. The van der Waals surface area contributed by atoms with Gasteiger partial charge in [0.2, 0.25) is 0 Å². The standard InChI is InChI=1S/C48H24N8O10S3.Ga.H2O/c57-37-9-1-5-21-13-29-33(17-25(21)37)45-49-41(29)51-46-35-19-27-23(7-3-11-39(27)68(61,62)63)15-31(35)43(53-46)55-48-36-20-28-24(8-4-12-40(28)69(64,65)66)16-32(36)44(56-48)54-47-34-18-26-22(14-30(34)42(50-45)52-47)6-2-10-38(26)67(58,59)60;;/h1-20H,(H4-2,49,50,51,52,53,54,55,56,57,58,59,60,61,62,63,64,65,66);;1H2/q-2;+2;. The summed E-state index contributed by atoms with van der Waals surface area (Å²) in [6.07, 6.45) is 0. The number of benzene rings is 8. The number of fused-ring (bicyclic) bond motifs is 18. The Labute approximate surface area is 406 Å². The van der Waals surface area contributed by atoms with Gasteiger partial charge in [-0.2, -0.15) is 0 Å². The van der Waals surface area contributed by atoms with E-state index in [9.17, 15) is 44.0 Å². The quantitative estimate of drug-likeness (QED) is 0.124. The molecule has 71 heavy (non-hydrogen) atoms. The van der Waals surface area contributed by atoms with Crippen LogP contribution in [-0.4, -0.2) is 97.3 Å². The molecule has 0 fully saturated rings. The van der Waals surface area contributed by atoms with Crippen LogP contribution in [0.25, 0.3) is 64.6 Å². The first kappa shape index (κ1) is 43.3. The second kappa shape index (κ2) is 14.4. The first-order valence-electron chi connectivity index (χ1n) is 21.1. The van der Waals surface area contributed by atoms with Crippen molar-refractivity contribution in [1.82, 2.24) is 6.55 Å². The molecule has 0 saturated heterocycles. The molecular formula is C48H26GaN8O11S3. The van der Waals surface area contributed by atoms with Gasteiger partial charge in [-0.3, -0.25) is 0 Å². The molecule has 345 valence electrons. The zero-order valence-electron chi connectivity index (χ0n) is 35.7. The summed E-state index contributed by atoms with van der Waals surface area (Å²) in [6.45, 7) is 0. The monoisotopic (exact) mass is 1060 g/mol. The summed E-state index contributed by atoms with van der Waals surface area (Å²) in [5.74, 6) is 1.39. The Morgan fingerprint density at radius 2 is 0.746 bits per heavy atom. The van der Waals surface area contributed by atoms with Crippen molar-refractivity contribution < 1.29 is 49.5 Å². The van der Waals surface area contributed by atoms with Crippen molar-refractivity contribution >= 4 is 148 Å². The normalized spacial score (nSPS) is 14.8. The first-order valence-corrected chi connectivity index (χ1v) is 27.6. The van der Waals surface area contributed by atoms with Crippen molar-refractivity contribution in [3.63, 3.8) is 0 Å². The molecule has 8 aromatic carbocycles. The number of hydrogen-bond donors (Lipinski definition) is 4. The van der Waals surface area contributed by atoms with Crippen molar-refractivity contribution in [1.29, 1.82) is 0 Å². The van der Waals surface area contributed by atoms with E-state index in [1.165, 1.54) is 36.4 Å². The fraction of sp³-hybridized carbons (Fsp3) is 0. The Kier molecular flexibility index (Phi) is 8.81. The fourth-order valence-electron chi connectivity index (χ4n) is 10.0. The van der Waals surface area contributed by atoms with Crippen LogP contribution in [0, 0.1) is 0 Å². The fourth-order valence-corrected chi connectivity index (χ4v) is 15.2. The molecule has 0 amide bonds. The third kappa shape index (κ3) is 6.25. The molecule has 0 spiro atoms. The SMILES string of the molecule is O.O=S(=O)(O)c1cccc2cc3c(cc12)C1=Nc2c4cc5cccc(S(=O)(=O)O)c5cc4c4[n]2[Ga][n]2c(c5cc6cccc(S(=O)(=O)O)c6cc5c2=NC3=N1)=NC1=NC(=N4)c2cc3cccc(O)c3cc21. The van der Waals surface area contributed by atoms with Gasteiger partial charge in [0.15, 0.2) is 0 Å². The van der Waals surface area contributed by atoms with E-state index in [4.69, 9.17) is 30.0 Å². The number of hydrogen-bond acceptors (Lipinski definition) is 13. The van der Waals surface area contributed by atoms with Gasteiger partial charge < -0.3 is 5.48 Å². The van der Waals surface area contributed by atoms with E-state index in [1.54, 1.807) is 72.8 Å².